The minimum Gasteiger partial charge on any atom is -0.497 e. The van der Waals surface area contributed by atoms with E-state index in [2.05, 4.69) is 15.5 Å². The van der Waals surface area contributed by atoms with Gasteiger partial charge >= 0.3 is 0 Å². The third kappa shape index (κ3) is 3.28. The highest BCUT2D eigenvalue weighted by Crippen LogP contribution is 2.22. The summed E-state index contributed by atoms with van der Waals surface area (Å²) in [6.07, 6.45) is 3.38. The maximum Gasteiger partial charge on any atom is 0.287 e. The molecule has 0 unspecified atom stereocenters. The molecule has 8 heteroatoms. The van der Waals surface area contributed by atoms with Crippen LogP contribution in [0.1, 0.15) is 16.4 Å². The summed E-state index contributed by atoms with van der Waals surface area (Å²) in [6.45, 7) is 0.235. The highest BCUT2D eigenvalue weighted by molar-refractivity contribution is 7.98. The van der Waals surface area contributed by atoms with Crippen LogP contribution in [0.4, 0.5) is 0 Å². The molecule has 24 heavy (non-hydrogen) atoms. The second-order valence-corrected chi connectivity index (χ2v) is 5.57. The molecule has 1 N–H and O–H groups in total. The molecular formula is C16H16N4O3S. The first-order valence-electron chi connectivity index (χ1n) is 7.17. The molecule has 0 aliphatic rings. The number of carbonyl (C=O) groups is 1. The van der Waals surface area contributed by atoms with E-state index in [1.54, 1.807) is 19.2 Å². The molecule has 0 bridgehead atoms. The van der Waals surface area contributed by atoms with E-state index in [0.717, 1.165) is 16.6 Å². The molecule has 1 amide bonds. The van der Waals surface area contributed by atoms with Crippen LogP contribution >= 0.6 is 11.8 Å². The Labute approximate surface area is 143 Å². The number of furan rings is 1. The van der Waals surface area contributed by atoms with Gasteiger partial charge in [-0.25, -0.2) is 0 Å². The molecule has 0 atom stereocenters. The molecule has 2 heterocycles. The van der Waals surface area contributed by atoms with E-state index in [9.17, 15) is 4.79 Å². The van der Waals surface area contributed by atoms with Crippen LogP contribution < -0.4 is 10.1 Å². The summed E-state index contributed by atoms with van der Waals surface area (Å²) in [5.41, 5.74) is 0.896. The van der Waals surface area contributed by atoms with Gasteiger partial charge < -0.3 is 14.5 Å². The van der Waals surface area contributed by atoms with Crippen LogP contribution in [0.3, 0.4) is 0 Å². The van der Waals surface area contributed by atoms with Gasteiger partial charge in [-0.3, -0.25) is 9.36 Å². The van der Waals surface area contributed by atoms with Crippen LogP contribution in [0.5, 0.6) is 5.75 Å². The smallest absolute Gasteiger partial charge is 0.287 e. The van der Waals surface area contributed by atoms with Gasteiger partial charge in [0.05, 0.1) is 19.9 Å². The minimum atomic E-state index is -0.296. The molecule has 2 aromatic heterocycles. The van der Waals surface area contributed by atoms with E-state index in [1.807, 2.05) is 35.1 Å². The molecule has 3 aromatic rings. The zero-order valence-electron chi connectivity index (χ0n) is 13.2. The molecule has 0 saturated heterocycles. The molecule has 1 aromatic carbocycles. The monoisotopic (exact) mass is 344 g/mol. The molecule has 0 aliphatic heterocycles. The number of nitrogens with zero attached hydrogens (tertiary/aromatic N) is 3. The van der Waals surface area contributed by atoms with Gasteiger partial charge in [0.1, 0.15) is 5.75 Å². The van der Waals surface area contributed by atoms with E-state index < -0.39 is 0 Å². The standard InChI is InChI=1S/C16H16N4O3S/c1-22-12-7-5-11(6-8-12)20-14(18-19-16(20)24-2)10-17-15(21)13-4-3-9-23-13/h3-9H,10H2,1-2H3,(H,17,21). The van der Waals surface area contributed by atoms with E-state index in [0.29, 0.717) is 5.82 Å². The van der Waals surface area contributed by atoms with Crippen LogP contribution in [0.15, 0.2) is 52.2 Å². The van der Waals surface area contributed by atoms with Crippen molar-refractivity contribution in [1.29, 1.82) is 0 Å². The van der Waals surface area contributed by atoms with E-state index in [1.165, 1.54) is 18.0 Å². The van der Waals surface area contributed by atoms with Crippen molar-refractivity contribution in [3.8, 4) is 11.4 Å². The van der Waals surface area contributed by atoms with Crippen LogP contribution in [-0.2, 0) is 6.54 Å². The van der Waals surface area contributed by atoms with Crippen LogP contribution in [-0.4, -0.2) is 34.0 Å². The van der Waals surface area contributed by atoms with Crippen LogP contribution in [0, 0.1) is 0 Å². The Balaban J connectivity index is 1.83. The van der Waals surface area contributed by atoms with Crippen LogP contribution in [0.2, 0.25) is 0 Å². The summed E-state index contributed by atoms with van der Waals surface area (Å²) in [5.74, 6) is 1.36. The number of aromatic nitrogens is 3. The zero-order valence-corrected chi connectivity index (χ0v) is 14.0. The Morgan fingerprint density at radius 3 is 2.71 bits per heavy atom. The summed E-state index contributed by atoms with van der Waals surface area (Å²) < 4.78 is 12.2. The molecule has 0 aliphatic carbocycles. The van der Waals surface area contributed by atoms with Gasteiger partial charge in [-0.05, 0) is 42.7 Å². The quantitative estimate of drug-likeness (QED) is 0.692. The summed E-state index contributed by atoms with van der Waals surface area (Å²) in [6, 6.07) is 10.8. The van der Waals surface area contributed by atoms with Crippen molar-refractivity contribution >= 4 is 17.7 Å². The fourth-order valence-electron chi connectivity index (χ4n) is 2.19. The second kappa shape index (κ2) is 7.22. The molecule has 0 saturated carbocycles. The summed E-state index contributed by atoms with van der Waals surface area (Å²) in [5, 5.41) is 11.9. The van der Waals surface area contributed by atoms with E-state index >= 15 is 0 Å². The Bertz CT molecular complexity index is 812. The lowest BCUT2D eigenvalue weighted by Gasteiger charge is -2.10. The predicted octanol–water partition coefficient (Wildman–Crippen LogP) is 2.52. The first-order valence-corrected chi connectivity index (χ1v) is 8.40. The number of carbonyl (C=O) groups excluding carboxylic acids is 1. The van der Waals surface area contributed by atoms with Crippen molar-refractivity contribution in [3.63, 3.8) is 0 Å². The predicted molar refractivity (Wildman–Crippen MR) is 89.6 cm³/mol. The number of thioether (sulfide) groups is 1. The van der Waals surface area contributed by atoms with Crippen molar-refractivity contribution in [1.82, 2.24) is 20.1 Å². The highest BCUT2D eigenvalue weighted by Gasteiger charge is 2.15. The molecular weight excluding hydrogens is 328 g/mol. The molecule has 0 radical (unpaired) electrons. The minimum absolute atomic E-state index is 0.235. The Morgan fingerprint density at radius 1 is 1.29 bits per heavy atom. The molecule has 3 rings (SSSR count). The lowest BCUT2D eigenvalue weighted by atomic mass is 10.3. The maximum absolute atomic E-state index is 12.0. The number of hydrogen-bond donors (Lipinski definition) is 1. The topological polar surface area (TPSA) is 82.2 Å². The third-order valence-electron chi connectivity index (χ3n) is 3.37. The van der Waals surface area contributed by atoms with Gasteiger partial charge in [0, 0.05) is 5.69 Å². The Kier molecular flexibility index (Phi) is 4.85. The van der Waals surface area contributed by atoms with Crippen molar-refractivity contribution in [3.05, 3.63) is 54.2 Å². The van der Waals surface area contributed by atoms with Gasteiger partial charge in [-0.15, -0.1) is 10.2 Å². The number of ether oxygens (including phenoxy) is 1. The lowest BCUT2D eigenvalue weighted by Crippen LogP contribution is -2.24. The molecule has 0 fully saturated rings. The van der Waals surface area contributed by atoms with Crippen molar-refractivity contribution in [2.75, 3.05) is 13.4 Å². The summed E-state index contributed by atoms with van der Waals surface area (Å²) in [7, 11) is 1.62. The van der Waals surface area contributed by atoms with Crippen LogP contribution in [0.25, 0.3) is 5.69 Å². The normalized spacial score (nSPS) is 10.6. The van der Waals surface area contributed by atoms with Gasteiger partial charge in [-0.1, -0.05) is 11.8 Å². The number of benzene rings is 1. The lowest BCUT2D eigenvalue weighted by molar-refractivity contribution is 0.0922. The van der Waals surface area contributed by atoms with Crippen molar-refractivity contribution in [2.45, 2.75) is 11.7 Å². The number of amides is 1. The molecule has 0 spiro atoms. The van der Waals surface area contributed by atoms with E-state index in [4.69, 9.17) is 9.15 Å². The number of nitrogens with one attached hydrogen (secondary N) is 1. The van der Waals surface area contributed by atoms with Crippen molar-refractivity contribution < 1.29 is 13.9 Å². The van der Waals surface area contributed by atoms with Gasteiger partial charge in [0.2, 0.25) is 0 Å². The van der Waals surface area contributed by atoms with Gasteiger partial charge in [-0.2, -0.15) is 0 Å². The van der Waals surface area contributed by atoms with Crippen molar-refractivity contribution in [2.24, 2.45) is 0 Å². The first-order chi connectivity index (χ1) is 11.7. The Morgan fingerprint density at radius 2 is 2.08 bits per heavy atom. The zero-order chi connectivity index (χ0) is 16.9. The van der Waals surface area contributed by atoms with E-state index in [-0.39, 0.29) is 18.2 Å². The fourth-order valence-corrected chi connectivity index (χ4v) is 2.71. The maximum atomic E-state index is 12.0. The highest BCUT2D eigenvalue weighted by atomic mass is 32.2. The fraction of sp³-hybridized carbons (Fsp3) is 0.188. The molecule has 124 valence electrons. The molecule has 7 nitrogen and oxygen atoms in total. The average molecular weight is 344 g/mol. The summed E-state index contributed by atoms with van der Waals surface area (Å²) in [4.78, 5) is 12.0. The summed E-state index contributed by atoms with van der Waals surface area (Å²) >= 11 is 1.48. The number of hydrogen-bond acceptors (Lipinski definition) is 6. The third-order valence-corrected chi connectivity index (χ3v) is 3.99. The van der Waals surface area contributed by atoms with Gasteiger partial charge in [0.15, 0.2) is 16.7 Å². The first kappa shape index (κ1) is 16.1. The second-order valence-electron chi connectivity index (χ2n) is 4.80. The number of rotatable bonds is 6. The SMILES string of the molecule is COc1ccc(-n2c(CNC(=O)c3ccco3)nnc2SC)cc1. The Hall–Kier alpha value is -2.74. The van der Waals surface area contributed by atoms with Gasteiger partial charge in [0.25, 0.3) is 5.91 Å². The largest absolute Gasteiger partial charge is 0.497 e. The number of methoxy groups -OCH3 is 1. The average Bonchev–Trinajstić information content (AvgIpc) is 3.29.